The molecule has 1 atom stereocenters. The maximum absolute atomic E-state index is 12.7. The van der Waals surface area contributed by atoms with Crippen LogP contribution in [0.25, 0.3) is 42.8 Å². The second-order valence-electron chi connectivity index (χ2n) is 13.7. The molecule has 0 bridgehead atoms. The van der Waals surface area contributed by atoms with Crippen LogP contribution in [0.3, 0.4) is 0 Å². The molecule has 0 aliphatic carbocycles. The van der Waals surface area contributed by atoms with Gasteiger partial charge in [-0.2, -0.15) is 0 Å². The standard InChI is InChI=1S/C37H40ClN3O4S/c1-21-16-29-34(32(23-6-9-25(38)10-7-23)31(21)33(36(42)43)45-37(2,3)4)46-35(39-29)24-8-11-30-27(17-24)28(18-40(30)5)22-12-14-41(15-13-22)26-19-44-20-26/h6-11,16-18,22,26,33H,12-15,19-20H2,1-5H3,(H,42,43)/t33-/m0/s1. The third kappa shape index (κ3) is 5.86. The van der Waals surface area contributed by atoms with E-state index in [2.05, 4.69) is 40.9 Å². The van der Waals surface area contributed by atoms with Crippen LogP contribution in [0.1, 0.15) is 62.3 Å². The Morgan fingerprint density at radius 1 is 1.09 bits per heavy atom. The first-order valence-electron chi connectivity index (χ1n) is 16.0. The molecule has 9 heteroatoms. The number of carboxylic acids is 1. The molecule has 4 heterocycles. The van der Waals surface area contributed by atoms with Gasteiger partial charge in [-0.1, -0.05) is 23.7 Å². The van der Waals surface area contributed by atoms with E-state index in [1.54, 1.807) is 11.3 Å². The van der Waals surface area contributed by atoms with Crippen molar-refractivity contribution in [3.63, 3.8) is 0 Å². The summed E-state index contributed by atoms with van der Waals surface area (Å²) in [5, 5.41) is 13.2. The van der Waals surface area contributed by atoms with Gasteiger partial charge in [0.25, 0.3) is 0 Å². The Hall–Kier alpha value is -3.27. The van der Waals surface area contributed by atoms with Gasteiger partial charge in [0.1, 0.15) is 5.01 Å². The normalized spacial score (nSPS) is 17.5. The van der Waals surface area contributed by atoms with Gasteiger partial charge in [0, 0.05) is 45.9 Å². The van der Waals surface area contributed by atoms with Crippen LogP contribution in [0.4, 0.5) is 0 Å². The summed E-state index contributed by atoms with van der Waals surface area (Å²) in [5.74, 6) is -0.504. The van der Waals surface area contributed by atoms with Gasteiger partial charge in [-0.05, 0) is 113 Å². The predicted molar refractivity (Wildman–Crippen MR) is 186 cm³/mol. The van der Waals surface area contributed by atoms with E-state index in [0.29, 0.717) is 22.5 Å². The number of aliphatic carboxylic acids is 1. The van der Waals surface area contributed by atoms with Crippen molar-refractivity contribution in [2.24, 2.45) is 7.05 Å². The molecule has 2 aliphatic rings. The highest BCUT2D eigenvalue weighted by Gasteiger charge is 2.33. The van der Waals surface area contributed by atoms with E-state index >= 15 is 0 Å². The number of hydrogen-bond donors (Lipinski definition) is 1. The van der Waals surface area contributed by atoms with E-state index in [0.717, 1.165) is 76.6 Å². The molecule has 0 spiro atoms. The molecule has 2 aromatic heterocycles. The summed E-state index contributed by atoms with van der Waals surface area (Å²) in [4.78, 5) is 20.5. The maximum Gasteiger partial charge on any atom is 0.337 e. The predicted octanol–water partition coefficient (Wildman–Crippen LogP) is 8.60. The number of aromatic nitrogens is 2. The lowest BCUT2D eigenvalue weighted by Crippen LogP contribution is -2.51. The average molecular weight is 658 g/mol. The number of nitrogens with zero attached hydrogens (tertiary/aromatic N) is 3. The molecule has 7 rings (SSSR count). The van der Waals surface area contributed by atoms with Crippen molar-refractivity contribution in [2.75, 3.05) is 26.3 Å². The highest BCUT2D eigenvalue weighted by Crippen LogP contribution is 2.45. The van der Waals surface area contributed by atoms with Crippen molar-refractivity contribution in [1.82, 2.24) is 14.5 Å². The first-order chi connectivity index (χ1) is 22.0. The number of likely N-dealkylation sites (tertiary alicyclic amines) is 1. The van der Waals surface area contributed by atoms with Crippen LogP contribution in [0.2, 0.25) is 5.02 Å². The number of carboxylic acid groups (broad SMARTS) is 1. The van der Waals surface area contributed by atoms with Crippen LogP contribution in [0.15, 0.2) is 54.7 Å². The van der Waals surface area contributed by atoms with E-state index in [1.165, 1.54) is 16.5 Å². The Kier molecular flexibility index (Phi) is 8.22. The van der Waals surface area contributed by atoms with Gasteiger partial charge in [-0.15, -0.1) is 11.3 Å². The minimum atomic E-state index is -1.15. The second kappa shape index (κ2) is 12.1. The van der Waals surface area contributed by atoms with Crippen molar-refractivity contribution in [1.29, 1.82) is 0 Å². The zero-order valence-corrected chi connectivity index (χ0v) is 28.5. The number of benzene rings is 3. The maximum atomic E-state index is 12.7. The Morgan fingerprint density at radius 3 is 2.41 bits per heavy atom. The lowest BCUT2D eigenvalue weighted by Gasteiger charge is -2.41. The minimum absolute atomic E-state index is 0.518. The summed E-state index contributed by atoms with van der Waals surface area (Å²) >= 11 is 7.88. The van der Waals surface area contributed by atoms with E-state index in [1.807, 2.05) is 58.0 Å². The van der Waals surface area contributed by atoms with E-state index in [4.69, 9.17) is 26.1 Å². The van der Waals surface area contributed by atoms with Crippen molar-refractivity contribution < 1.29 is 19.4 Å². The van der Waals surface area contributed by atoms with E-state index in [-0.39, 0.29) is 0 Å². The number of rotatable bonds is 7. The topological polar surface area (TPSA) is 76.8 Å². The molecule has 2 fully saturated rings. The lowest BCUT2D eigenvalue weighted by atomic mass is 9.88. The molecule has 7 nitrogen and oxygen atoms in total. The summed E-state index contributed by atoms with van der Waals surface area (Å²) < 4.78 is 14.8. The van der Waals surface area contributed by atoms with E-state index < -0.39 is 17.7 Å². The molecule has 5 aromatic rings. The van der Waals surface area contributed by atoms with Gasteiger partial charge in [0.05, 0.1) is 35.1 Å². The molecule has 2 aliphatic heterocycles. The van der Waals surface area contributed by atoms with Crippen LogP contribution in [0.5, 0.6) is 0 Å². The van der Waals surface area contributed by atoms with Crippen LogP contribution in [0, 0.1) is 6.92 Å². The molecule has 0 amide bonds. The molecule has 240 valence electrons. The zero-order chi connectivity index (χ0) is 32.3. The number of halogens is 1. The summed E-state index contributed by atoms with van der Waals surface area (Å²) in [5.41, 5.74) is 7.06. The number of thiazole rings is 1. The fourth-order valence-corrected chi connectivity index (χ4v) is 8.30. The van der Waals surface area contributed by atoms with Crippen molar-refractivity contribution in [3.8, 4) is 21.7 Å². The highest BCUT2D eigenvalue weighted by atomic mass is 35.5. The summed E-state index contributed by atoms with van der Waals surface area (Å²) in [6.07, 6.45) is 3.46. The molecular formula is C37H40ClN3O4S. The van der Waals surface area contributed by atoms with Crippen LogP contribution >= 0.6 is 22.9 Å². The number of aryl methyl sites for hydroxylation is 2. The first kappa shape index (κ1) is 31.3. The van der Waals surface area contributed by atoms with E-state index in [9.17, 15) is 9.90 Å². The molecule has 1 N–H and O–H groups in total. The second-order valence-corrected chi connectivity index (χ2v) is 15.2. The van der Waals surface area contributed by atoms with Gasteiger partial charge in [0.2, 0.25) is 0 Å². The Balaban J connectivity index is 1.33. The lowest BCUT2D eigenvalue weighted by molar-refractivity contribution is -0.160. The Bertz CT molecular complexity index is 1930. The molecule has 3 aromatic carbocycles. The molecule has 46 heavy (non-hydrogen) atoms. The SMILES string of the molecule is Cc1cc2nc(-c3ccc4c(c3)c(C3CCN(C5COC5)CC3)cn4C)sc2c(-c2ccc(Cl)cc2)c1[C@H](OC(C)(C)C)C(=O)O. The first-order valence-corrected chi connectivity index (χ1v) is 17.2. The average Bonchev–Trinajstić information content (AvgIpc) is 3.55. The molecule has 0 saturated carbocycles. The van der Waals surface area contributed by atoms with Gasteiger partial charge in [-0.3, -0.25) is 4.90 Å². The largest absolute Gasteiger partial charge is 0.479 e. The Morgan fingerprint density at radius 2 is 1.78 bits per heavy atom. The molecule has 2 saturated heterocycles. The number of piperidine rings is 1. The fraction of sp³-hybridized carbons (Fsp3) is 0.405. The molecule has 0 unspecified atom stereocenters. The summed E-state index contributed by atoms with van der Waals surface area (Å²) in [6, 6.07) is 16.8. The zero-order valence-electron chi connectivity index (χ0n) is 27.0. The Labute approximate surface area is 278 Å². The number of fused-ring (bicyclic) bond motifs is 2. The van der Waals surface area contributed by atoms with Crippen LogP contribution < -0.4 is 0 Å². The van der Waals surface area contributed by atoms with Crippen LogP contribution in [-0.2, 0) is 21.3 Å². The number of hydrogen-bond acceptors (Lipinski definition) is 6. The summed E-state index contributed by atoms with van der Waals surface area (Å²) in [7, 11) is 2.13. The monoisotopic (exact) mass is 657 g/mol. The number of ether oxygens (including phenoxy) is 2. The molecular weight excluding hydrogens is 618 g/mol. The van der Waals surface area contributed by atoms with Crippen molar-refractivity contribution in [3.05, 3.63) is 76.4 Å². The number of carbonyl (C=O) groups is 1. The minimum Gasteiger partial charge on any atom is -0.479 e. The summed E-state index contributed by atoms with van der Waals surface area (Å²) in [6.45, 7) is 11.5. The van der Waals surface area contributed by atoms with Gasteiger partial charge < -0.3 is 19.1 Å². The quantitative estimate of drug-likeness (QED) is 0.189. The van der Waals surface area contributed by atoms with Crippen LogP contribution in [-0.4, -0.2) is 63.5 Å². The third-order valence-corrected chi connectivity index (χ3v) is 10.8. The molecule has 0 radical (unpaired) electrons. The van der Waals surface area contributed by atoms with Crippen molar-refractivity contribution >= 4 is 50.0 Å². The van der Waals surface area contributed by atoms with Crippen molar-refractivity contribution in [2.45, 2.75) is 64.2 Å². The third-order valence-electron chi connectivity index (χ3n) is 9.39. The fourth-order valence-electron chi connectivity index (χ4n) is 7.05. The highest BCUT2D eigenvalue weighted by molar-refractivity contribution is 7.22. The smallest absolute Gasteiger partial charge is 0.337 e. The van der Waals surface area contributed by atoms with Gasteiger partial charge in [-0.25, -0.2) is 9.78 Å². The van der Waals surface area contributed by atoms with Gasteiger partial charge in [0.15, 0.2) is 6.10 Å². The van der Waals surface area contributed by atoms with Gasteiger partial charge >= 0.3 is 5.97 Å².